The zero-order valence-electron chi connectivity index (χ0n) is 21.1. The highest BCUT2D eigenvalue weighted by atomic mass is 32.2. The van der Waals surface area contributed by atoms with Gasteiger partial charge in [-0.25, -0.2) is 27.0 Å². The number of nitrogens with zero attached hydrogens (tertiary/aromatic N) is 3. The zero-order valence-corrected chi connectivity index (χ0v) is 22.0. The fourth-order valence-corrected chi connectivity index (χ4v) is 4.68. The van der Waals surface area contributed by atoms with E-state index in [1.807, 2.05) is 0 Å². The van der Waals surface area contributed by atoms with Crippen LogP contribution >= 0.6 is 0 Å². The second kappa shape index (κ2) is 10.7. The molecule has 2 N–H and O–H groups in total. The second-order valence-corrected chi connectivity index (χ2v) is 10.9. The van der Waals surface area contributed by atoms with Crippen LogP contribution in [0.25, 0.3) is 11.3 Å². The van der Waals surface area contributed by atoms with Gasteiger partial charge in [-0.15, -0.1) is 0 Å². The van der Waals surface area contributed by atoms with E-state index in [1.54, 1.807) is 23.6 Å². The van der Waals surface area contributed by atoms with Crippen LogP contribution in [0.5, 0.6) is 0 Å². The molecule has 2 aromatic heterocycles. The number of halogens is 2. The third kappa shape index (κ3) is 5.96. The van der Waals surface area contributed by atoms with Gasteiger partial charge in [-0.05, 0) is 61.0 Å². The Labute approximate surface area is 223 Å². The molecule has 202 valence electrons. The van der Waals surface area contributed by atoms with Crippen molar-refractivity contribution >= 4 is 33.3 Å². The van der Waals surface area contributed by atoms with Crippen molar-refractivity contribution in [3.63, 3.8) is 0 Å². The van der Waals surface area contributed by atoms with Gasteiger partial charge in [0, 0.05) is 36.8 Å². The molecular weight excluding hydrogens is 530 g/mol. The summed E-state index contributed by atoms with van der Waals surface area (Å²) < 4.78 is 53.6. The Morgan fingerprint density at radius 1 is 1.08 bits per heavy atom. The summed E-state index contributed by atoms with van der Waals surface area (Å²) in [6.07, 6.45) is 1.38. The maximum absolute atomic E-state index is 14.9. The summed E-state index contributed by atoms with van der Waals surface area (Å²) in [5.41, 5.74) is 1.75. The number of nitrogens with one attached hydrogen (secondary N) is 1. The SMILES string of the molecule is Cc1c(C(=O)Nc2ccc(S(C)(=O)=O)cc2)cn(Cc2cccc(N(C)C(=O)O)n2)c1-c1ccc(F)cc1F. The first-order chi connectivity index (χ1) is 18.3. The van der Waals surface area contributed by atoms with E-state index in [4.69, 9.17) is 0 Å². The van der Waals surface area contributed by atoms with E-state index in [2.05, 4.69) is 10.3 Å². The lowest BCUT2D eigenvalue weighted by Gasteiger charge is -2.15. The number of amides is 2. The Hall–Kier alpha value is -4.58. The molecule has 4 aromatic rings. The van der Waals surface area contributed by atoms with Crippen LogP contribution in [0.4, 0.5) is 25.1 Å². The molecule has 0 fully saturated rings. The quantitative estimate of drug-likeness (QED) is 0.333. The molecule has 0 saturated carbocycles. The highest BCUT2D eigenvalue weighted by Gasteiger charge is 2.22. The van der Waals surface area contributed by atoms with Crippen molar-refractivity contribution in [1.29, 1.82) is 0 Å². The summed E-state index contributed by atoms with van der Waals surface area (Å²) in [6, 6.07) is 13.6. The number of anilines is 2. The van der Waals surface area contributed by atoms with Crippen molar-refractivity contribution in [2.45, 2.75) is 18.4 Å². The molecule has 0 saturated heterocycles. The van der Waals surface area contributed by atoms with Crippen molar-refractivity contribution in [3.05, 3.63) is 95.3 Å². The van der Waals surface area contributed by atoms with Crippen LogP contribution in [0.3, 0.4) is 0 Å². The molecule has 0 unspecified atom stereocenters. The number of pyridine rings is 1. The molecule has 0 radical (unpaired) electrons. The van der Waals surface area contributed by atoms with Gasteiger partial charge in [0.1, 0.15) is 17.5 Å². The first kappa shape index (κ1) is 27.5. The minimum Gasteiger partial charge on any atom is -0.465 e. The summed E-state index contributed by atoms with van der Waals surface area (Å²) in [7, 11) is -2.06. The summed E-state index contributed by atoms with van der Waals surface area (Å²) in [4.78, 5) is 30.0. The first-order valence-corrected chi connectivity index (χ1v) is 13.4. The number of benzene rings is 2. The van der Waals surface area contributed by atoms with Crippen molar-refractivity contribution in [1.82, 2.24) is 9.55 Å². The number of hydrogen-bond donors (Lipinski definition) is 2. The summed E-state index contributed by atoms with van der Waals surface area (Å²) in [5, 5.41) is 12.0. The van der Waals surface area contributed by atoms with Gasteiger partial charge in [-0.2, -0.15) is 0 Å². The fraction of sp³-hybridized carbons (Fsp3) is 0.148. The van der Waals surface area contributed by atoms with Crippen molar-refractivity contribution in [2.75, 3.05) is 23.5 Å². The molecule has 0 bridgehead atoms. The number of carbonyl (C=O) groups is 2. The van der Waals surface area contributed by atoms with E-state index < -0.39 is 33.5 Å². The lowest BCUT2D eigenvalue weighted by atomic mass is 10.0. The van der Waals surface area contributed by atoms with Gasteiger partial charge in [-0.3, -0.25) is 9.69 Å². The molecule has 0 aliphatic carbocycles. The number of aromatic nitrogens is 2. The van der Waals surface area contributed by atoms with E-state index >= 15 is 0 Å². The lowest BCUT2D eigenvalue weighted by molar-refractivity contribution is 0.102. The Bertz CT molecular complexity index is 1690. The minimum atomic E-state index is -3.41. The number of sulfone groups is 1. The molecule has 4 rings (SSSR count). The molecule has 0 atom stereocenters. The highest BCUT2D eigenvalue weighted by Crippen LogP contribution is 2.32. The van der Waals surface area contributed by atoms with Gasteiger partial charge in [0.15, 0.2) is 9.84 Å². The van der Waals surface area contributed by atoms with E-state index in [1.165, 1.54) is 49.6 Å². The molecule has 12 heteroatoms. The molecule has 2 amide bonds. The first-order valence-electron chi connectivity index (χ1n) is 11.5. The van der Waals surface area contributed by atoms with Gasteiger partial charge in [0.25, 0.3) is 5.91 Å². The average molecular weight is 555 g/mol. The van der Waals surface area contributed by atoms with Gasteiger partial charge in [0.2, 0.25) is 0 Å². The van der Waals surface area contributed by atoms with Crippen molar-refractivity contribution in [2.24, 2.45) is 0 Å². The number of carboxylic acid groups (broad SMARTS) is 1. The number of carbonyl (C=O) groups excluding carboxylic acids is 1. The van der Waals surface area contributed by atoms with Crippen LogP contribution in [-0.4, -0.2) is 48.4 Å². The van der Waals surface area contributed by atoms with Crippen LogP contribution in [0.1, 0.15) is 21.6 Å². The number of rotatable bonds is 7. The van der Waals surface area contributed by atoms with Crippen molar-refractivity contribution in [3.8, 4) is 11.3 Å². The number of hydrogen-bond acceptors (Lipinski definition) is 5. The Morgan fingerprint density at radius 3 is 2.38 bits per heavy atom. The van der Waals surface area contributed by atoms with E-state index in [0.717, 1.165) is 23.3 Å². The largest absolute Gasteiger partial charge is 0.465 e. The average Bonchev–Trinajstić information content (AvgIpc) is 3.19. The predicted molar refractivity (Wildman–Crippen MR) is 142 cm³/mol. The van der Waals surface area contributed by atoms with Crippen LogP contribution in [0.15, 0.2) is 71.8 Å². The monoisotopic (exact) mass is 554 g/mol. The van der Waals surface area contributed by atoms with Crippen LogP contribution < -0.4 is 10.2 Å². The summed E-state index contributed by atoms with van der Waals surface area (Å²) >= 11 is 0. The molecule has 0 aliphatic heterocycles. The normalized spacial score (nSPS) is 11.3. The highest BCUT2D eigenvalue weighted by molar-refractivity contribution is 7.90. The van der Waals surface area contributed by atoms with E-state index in [-0.39, 0.29) is 28.4 Å². The zero-order chi connectivity index (χ0) is 28.5. The molecular formula is C27H24F2N4O5S. The second-order valence-electron chi connectivity index (χ2n) is 8.85. The summed E-state index contributed by atoms with van der Waals surface area (Å²) in [6.45, 7) is 1.67. The molecule has 2 heterocycles. The molecule has 2 aromatic carbocycles. The smallest absolute Gasteiger partial charge is 0.412 e. The van der Waals surface area contributed by atoms with Gasteiger partial charge < -0.3 is 15.0 Å². The van der Waals surface area contributed by atoms with Crippen LogP contribution in [-0.2, 0) is 16.4 Å². The molecule has 39 heavy (non-hydrogen) atoms. The van der Waals surface area contributed by atoms with E-state index in [9.17, 15) is 31.9 Å². The van der Waals surface area contributed by atoms with Gasteiger partial charge in [-0.1, -0.05) is 6.07 Å². The maximum Gasteiger partial charge on any atom is 0.412 e. The third-order valence-electron chi connectivity index (χ3n) is 6.06. The Kier molecular flexibility index (Phi) is 7.50. The Balaban J connectivity index is 1.75. The topological polar surface area (TPSA) is 122 Å². The Morgan fingerprint density at radius 2 is 1.77 bits per heavy atom. The fourth-order valence-electron chi connectivity index (χ4n) is 4.05. The van der Waals surface area contributed by atoms with Crippen molar-refractivity contribution < 1.29 is 31.9 Å². The standard InChI is InChI=1S/C27H24F2N4O5S/c1-16-22(26(34)31-18-8-10-20(11-9-18)39(3,37)38)15-33(25(16)21-12-7-17(28)13-23(21)29)14-19-5-4-6-24(30-19)32(2)27(35)36/h4-13,15H,14H2,1-3H3,(H,31,34)(H,35,36). The van der Waals surface area contributed by atoms with Crippen LogP contribution in [0.2, 0.25) is 0 Å². The predicted octanol–water partition coefficient (Wildman–Crippen LogP) is 4.96. The third-order valence-corrected chi connectivity index (χ3v) is 7.19. The molecule has 0 aliphatic rings. The maximum atomic E-state index is 14.9. The van der Waals surface area contributed by atoms with Gasteiger partial charge in [0.05, 0.1) is 28.4 Å². The van der Waals surface area contributed by atoms with Gasteiger partial charge >= 0.3 is 6.09 Å². The minimum absolute atomic E-state index is 0.0463. The molecule has 9 nitrogen and oxygen atoms in total. The summed E-state index contributed by atoms with van der Waals surface area (Å²) in [5.74, 6) is -1.94. The lowest BCUT2D eigenvalue weighted by Crippen LogP contribution is -2.25. The van der Waals surface area contributed by atoms with E-state index in [0.29, 0.717) is 22.6 Å². The molecule has 0 spiro atoms. The van der Waals surface area contributed by atoms with Crippen LogP contribution in [0, 0.1) is 18.6 Å².